The van der Waals surface area contributed by atoms with Gasteiger partial charge in [0.2, 0.25) is 0 Å². The summed E-state index contributed by atoms with van der Waals surface area (Å²) in [6, 6.07) is 0. The van der Waals surface area contributed by atoms with E-state index in [1.165, 1.54) is 18.4 Å². The van der Waals surface area contributed by atoms with Gasteiger partial charge in [0.25, 0.3) is 0 Å². The molecule has 3 saturated carbocycles. The number of allylic oxidation sites excluding steroid dienone is 1. The van der Waals surface area contributed by atoms with Crippen LogP contribution >= 0.6 is 0 Å². The second kappa shape index (κ2) is 4.69. The molecule has 0 aliphatic heterocycles. The summed E-state index contributed by atoms with van der Waals surface area (Å²) in [6.07, 6.45) is 9.51. The van der Waals surface area contributed by atoms with Gasteiger partial charge in [0.15, 0.2) is 5.78 Å². The van der Waals surface area contributed by atoms with Gasteiger partial charge in [0.1, 0.15) is 0 Å². The Morgan fingerprint density at radius 3 is 2.73 bits per heavy atom. The first kappa shape index (κ1) is 14.9. The number of hydrogen-bond donors (Lipinski definition) is 1. The Bertz CT molecular complexity index is 532. The van der Waals surface area contributed by atoms with E-state index in [0.29, 0.717) is 23.5 Å². The molecular weight excluding hydrogens is 272 g/mol. The number of aliphatic hydroxyl groups is 1. The standard InChI is InChI=1S/C20H30O2/c1-12-10-13-11-14(21)4-5-15(13)16-6-8-19(2)17(18(12)16)7-9-20(19,3)22/h11-12,15-18,22H,4-10H2,1-3H3/t12-,15+,16+,17-,18+,19+,20+/m1/s1. The summed E-state index contributed by atoms with van der Waals surface area (Å²) >= 11 is 0. The molecule has 2 heteroatoms. The minimum atomic E-state index is -0.485. The van der Waals surface area contributed by atoms with Crippen molar-refractivity contribution in [3.05, 3.63) is 11.6 Å². The molecule has 7 atom stereocenters. The van der Waals surface area contributed by atoms with E-state index in [4.69, 9.17) is 0 Å². The number of carbonyl (C=O) groups is 1. The van der Waals surface area contributed by atoms with Gasteiger partial charge in [-0.25, -0.2) is 0 Å². The lowest BCUT2D eigenvalue weighted by Crippen LogP contribution is -2.53. The molecule has 2 nitrogen and oxygen atoms in total. The van der Waals surface area contributed by atoms with Crippen LogP contribution in [-0.2, 0) is 4.79 Å². The fraction of sp³-hybridized carbons (Fsp3) is 0.850. The number of carbonyl (C=O) groups excluding carboxylic acids is 1. The molecule has 0 saturated heterocycles. The van der Waals surface area contributed by atoms with Crippen molar-refractivity contribution in [3.63, 3.8) is 0 Å². The monoisotopic (exact) mass is 302 g/mol. The van der Waals surface area contributed by atoms with Gasteiger partial charge in [-0.2, -0.15) is 0 Å². The molecule has 22 heavy (non-hydrogen) atoms. The van der Waals surface area contributed by atoms with Crippen LogP contribution in [0.4, 0.5) is 0 Å². The maximum Gasteiger partial charge on any atom is 0.155 e. The third-order valence-corrected chi connectivity index (χ3v) is 8.20. The zero-order chi connectivity index (χ0) is 15.7. The van der Waals surface area contributed by atoms with Gasteiger partial charge in [0.05, 0.1) is 5.60 Å². The van der Waals surface area contributed by atoms with Crippen molar-refractivity contribution in [2.24, 2.45) is 35.0 Å². The third-order valence-electron chi connectivity index (χ3n) is 8.20. The van der Waals surface area contributed by atoms with Crippen molar-refractivity contribution in [2.75, 3.05) is 0 Å². The molecule has 122 valence electrons. The predicted octanol–water partition coefficient (Wildman–Crippen LogP) is 4.13. The van der Waals surface area contributed by atoms with E-state index < -0.39 is 5.60 Å². The highest BCUT2D eigenvalue weighted by atomic mass is 16.3. The fourth-order valence-corrected chi connectivity index (χ4v) is 6.83. The second-order valence-electron chi connectivity index (χ2n) is 9.13. The van der Waals surface area contributed by atoms with Crippen molar-refractivity contribution in [2.45, 2.75) is 71.3 Å². The Kier molecular flexibility index (Phi) is 3.18. The molecule has 0 aromatic carbocycles. The van der Waals surface area contributed by atoms with Gasteiger partial charge in [-0.1, -0.05) is 19.4 Å². The van der Waals surface area contributed by atoms with Gasteiger partial charge in [-0.3, -0.25) is 4.79 Å². The van der Waals surface area contributed by atoms with Crippen LogP contribution < -0.4 is 0 Å². The zero-order valence-electron chi connectivity index (χ0n) is 14.3. The molecule has 0 aromatic heterocycles. The molecule has 0 amide bonds. The first-order chi connectivity index (χ1) is 10.3. The molecule has 3 fully saturated rings. The quantitative estimate of drug-likeness (QED) is 0.730. The first-order valence-corrected chi connectivity index (χ1v) is 9.29. The summed E-state index contributed by atoms with van der Waals surface area (Å²) in [5, 5.41) is 10.9. The second-order valence-corrected chi connectivity index (χ2v) is 9.13. The normalized spacial score (nSPS) is 54.3. The lowest BCUT2D eigenvalue weighted by molar-refractivity contribution is -0.121. The van der Waals surface area contributed by atoms with E-state index in [0.717, 1.165) is 43.9 Å². The Hall–Kier alpha value is -0.630. The van der Waals surface area contributed by atoms with Crippen molar-refractivity contribution < 1.29 is 9.90 Å². The van der Waals surface area contributed by atoms with Crippen LogP contribution in [0.3, 0.4) is 0 Å². The van der Waals surface area contributed by atoms with Gasteiger partial charge in [-0.15, -0.1) is 0 Å². The number of hydrogen-bond acceptors (Lipinski definition) is 2. The van der Waals surface area contributed by atoms with Crippen LogP contribution in [0.1, 0.15) is 65.7 Å². The maximum absolute atomic E-state index is 11.8. The molecule has 4 aliphatic rings. The lowest BCUT2D eigenvalue weighted by Gasteiger charge is -2.57. The van der Waals surface area contributed by atoms with Crippen molar-refractivity contribution in [1.29, 1.82) is 0 Å². The van der Waals surface area contributed by atoms with Gasteiger partial charge in [0, 0.05) is 6.42 Å². The molecule has 0 aromatic rings. The summed E-state index contributed by atoms with van der Waals surface area (Å²) in [6.45, 7) is 6.82. The van der Waals surface area contributed by atoms with E-state index in [-0.39, 0.29) is 5.41 Å². The van der Waals surface area contributed by atoms with E-state index in [1.54, 1.807) is 0 Å². The van der Waals surface area contributed by atoms with Crippen molar-refractivity contribution in [1.82, 2.24) is 0 Å². The van der Waals surface area contributed by atoms with E-state index in [9.17, 15) is 9.90 Å². The molecule has 1 N–H and O–H groups in total. The molecular formula is C20H30O2. The van der Waals surface area contributed by atoms with Crippen LogP contribution in [0.5, 0.6) is 0 Å². The van der Waals surface area contributed by atoms with E-state index in [1.807, 2.05) is 6.08 Å². The topological polar surface area (TPSA) is 37.3 Å². The summed E-state index contributed by atoms with van der Waals surface area (Å²) in [5.74, 6) is 3.86. The van der Waals surface area contributed by atoms with Crippen LogP contribution in [0.25, 0.3) is 0 Å². The fourth-order valence-electron chi connectivity index (χ4n) is 6.83. The van der Waals surface area contributed by atoms with Crippen LogP contribution in [-0.4, -0.2) is 16.5 Å². The van der Waals surface area contributed by atoms with Crippen molar-refractivity contribution >= 4 is 5.78 Å². The highest BCUT2D eigenvalue weighted by Crippen LogP contribution is 2.65. The Labute approximate surface area is 134 Å². The summed E-state index contributed by atoms with van der Waals surface area (Å²) in [5.41, 5.74) is 1.08. The summed E-state index contributed by atoms with van der Waals surface area (Å²) in [4.78, 5) is 11.8. The molecule has 0 unspecified atom stereocenters. The average Bonchev–Trinajstić information content (AvgIpc) is 2.69. The summed E-state index contributed by atoms with van der Waals surface area (Å²) < 4.78 is 0. The van der Waals surface area contributed by atoms with Crippen LogP contribution in [0, 0.1) is 35.0 Å². The smallest absolute Gasteiger partial charge is 0.155 e. The molecule has 4 rings (SSSR count). The molecule has 0 heterocycles. The Balaban J connectivity index is 1.69. The zero-order valence-corrected chi connectivity index (χ0v) is 14.3. The number of ketones is 1. The first-order valence-electron chi connectivity index (χ1n) is 9.29. The minimum Gasteiger partial charge on any atom is -0.390 e. The van der Waals surface area contributed by atoms with Crippen LogP contribution in [0.15, 0.2) is 11.6 Å². The van der Waals surface area contributed by atoms with Crippen LogP contribution in [0.2, 0.25) is 0 Å². The maximum atomic E-state index is 11.8. The SMILES string of the molecule is C[C@@H]1CC2=CC(=O)CC[C@@H]2[C@@H]2CC[C@@]3(C)[C@H](CC[C@]3(C)O)[C@H]21. The number of rotatable bonds is 0. The Morgan fingerprint density at radius 2 is 1.95 bits per heavy atom. The number of fused-ring (bicyclic) bond motifs is 5. The minimum absolute atomic E-state index is 0.105. The van der Waals surface area contributed by atoms with E-state index in [2.05, 4.69) is 20.8 Å². The van der Waals surface area contributed by atoms with Crippen molar-refractivity contribution in [3.8, 4) is 0 Å². The molecule has 0 spiro atoms. The molecule has 4 aliphatic carbocycles. The highest BCUT2D eigenvalue weighted by Gasteiger charge is 2.61. The largest absolute Gasteiger partial charge is 0.390 e. The summed E-state index contributed by atoms with van der Waals surface area (Å²) in [7, 11) is 0. The third kappa shape index (κ3) is 1.85. The predicted molar refractivity (Wildman–Crippen MR) is 87.3 cm³/mol. The van der Waals surface area contributed by atoms with Gasteiger partial charge >= 0.3 is 0 Å². The van der Waals surface area contributed by atoms with Gasteiger partial charge < -0.3 is 5.11 Å². The Morgan fingerprint density at radius 1 is 1.18 bits per heavy atom. The highest BCUT2D eigenvalue weighted by molar-refractivity contribution is 5.91. The van der Waals surface area contributed by atoms with E-state index >= 15 is 0 Å². The van der Waals surface area contributed by atoms with Gasteiger partial charge in [-0.05, 0) is 86.5 Å². The average molecular weight is 302 g/mol. The lowest BCUT2D eigenvalue weighted by atomic mass is 9.48. The molecule has 0 radical (unpaired) electrons. The molecule has 0 bridgehead atoms.